The van der Waals surface area contributed by atoms with Gasteiger partial charge >= 0.3 is 0 Å². The van der Waals surface area contributed by atoms with Crippen molar-refractivity contribution in [3.63, 3.8) is 0 Å². The molecule has 1 aliphatic carbocycles. The zero-order valence-electron chi connectivity index (χ0n) is 7.77. The number of hydrogen-bond donors (Lipinski definition) is 0. The smallest absolute Gasteiger partial charge is 0.197 e. The minimum Gasteiger partial charge on any atom is -0.197 e. The molecule has 74 valence electrons. The van der Waals surface area contributed by atoms with Crippen molar-refractivity contribution < 1.29 is 8.42 Å². The van der Waals surface area contributed by atoms with E-state index in [1.54, 1.807) is 0 Å². The quantitative estimate of drug-likeness (QED) is 0.593. The summed E-state index contributed by atoms with van der Waals surface area (Å²) in [6.07, 6.45) is 1.74. The Labute approximate surface area is 78.7 Å². The molecule has 1 saturated carbocycles. The monoisotopic (exact) mass is 203 g/mol. The van der Waals surface area contributed by atoms with E-state index in [1.165, 1.54) is 18.4 Å². The van der Waals surface area contributed by atoms with Crippen LogP contribution >= 0.6 is 0 Å². The van der Waals surface area contributed by atoms with E-state index < -0.39 is 10.2 Å². The first-order valence-electron chi connectivity index (χ1n) is 4.06. The Morgan fingerprint density at radius 2 is 2.00 bits per heavy atom. The molecule has 13 heavy (non-hydrogen) atoms. The second-order valence-electron chi connectivity index (χ2n) is 3.22. The van der Waals surface area contributed by atoms with Gasteiger partial charge in [0.05, 0.1) is 6.07 Å². The van der Waals surface area contributed by atoms with Crippen LogP contribution in [0.2, 0.25) is 0 Å². The molecule has 0 heterocycles. The van der Waals surface area contributed by atoms with Gasteiger partial charge in [0.2, 0.25) is 0 Å². The minimum atomic E-state index is -3.39. The Morgan fingerprint density at radius 1 is 1.46 bits per heavy atom. The lowest BCUT2D eigenvalue weighted by atomic mass is 10.6. The Balaban J connectivity index is 2.81. The Hall–Kier alpha value is -0.640. The van der Waals surface area contributed by atoms with Gasteiger partial charge in [-0.3, -0.25) is 0 Å². The summed E-state index contributed by atoms with van der Waals surface area (Å²) in [6, 6.07) is 1.92. The Morgan fingerprint density at radius 3 is 2.31 bits per heavy atom. The van der Waals surface area contributed by atoms with Crippen molar-refractivity contribution >= 4 is 10.2 Å². The number of nitriles is 1. The molecule has 6 heteroatoms. The van der Waals surface area contributed by atoms with Gasteiger partial charge in [-0.2, -0.15) is 22.3 Å². The van der Waals surface area contributed by atoms with Crippen molar-refractivity contribution in [3.05, 3.63) is 0 Å². The molecule has 5 nitrogen and oxygen atoms in total. The fourth-order valence-electron chi connectivity index (χ4n) is 1.04. The van der Waals surface area contributed by atoms with Crippen molar-refractivity contribution in [1.82, 2.24) is 8.61 Å². The van der Waals surface area contributed by atoms with E-state index in [2.05, 4.69) is 0 Å². The third-order valence-electron chi connectivity index (χ3n) is 1.94. The molecular formula is C7H13N3O2S. The van der Waals surface area contributed by atoms with Crippen LogP contribution in [0.1, 0.15) is 12.8 Å². The maximum Gasteiger partial charge on any atom is 0.282 e. The molecule has 0 amide bonds. The highest BCUT2D eigenvalue weighted by molar-refractivity contribution is 7.86. The predicted octanol–water partition coefficient (Wildman–Crippen LogP) is -0.219. The highest BCUT2D eigenvalue weighted by Gasteiger charge is 2.38. The molecule has 0 saturated heterocycles. The topological polar surface area (TPSA) is 64.4 Å². The molecule has 1 rings (SSSR count). The Bertz CT molecular complexity index is 313. The highest BCUT2D eigenvalue weighted by atomic mass is 32.2. The van der Waals surface area contributed by atoms with Gasteiger partial charge in [0, 0.05) is 20.1 Å². The number of rotatable bonds is 4. The molecule has 0 N–H and O–H groups in total. The van der Waals surface area contributed by atoms with E-state index >= 15 is 0 Å². The summed E-state index contributed by atoms with van der Waals surface area (Å²) in [5.74, 6) is 0. The second-order valence-corrected chi connectivity index (χ2v) is 5.32. The summed E-state index contributed by atoms with van der Waals surface area (Å²) in [5, 5.41) is 8.48. The summed E-state index contributed by atoms with van der Waals surface area (Å²) >= 11 is 0. The molecular weight excluding hydrogens is 190 g/mol. The Kier molecular flexibility index (Phi) is 2.91. The summed E-state index contributed by atoms with van der Waals surface area (Å²) in [4.78, 5) is 0. The van der Waals surface area contributed by atoms with Crippen LogP contribution in [0.15, 0.2) is 0 Å². The van der Waals surface area contributed by atoms with E-state index in [9.17, 15) is 8.42 Å². The normalized spacial score (nSPS) is 17.8. The fraction of sp³-hybridized carbons (Fsp3) is 0.857. The zero-order valence-corrected chi connectivity index (χ0v) is 8.58. The summed E-state index contributed by atoms with van der Waals surface area (Å²) in [7, 11) is -0.445. The first-order valence-corrected chi connectivity index (χ1v) is 5.46. The van der Waals surface area contributed by atoms with E-state index in [-0.39, 0.29) is 12.6 Å². The van der Waals surface area contributed by atoms with Crippen LogP contribution in [-0.2, 0) is 10.2 Å². The maximum absolute atomic E-state index is 11.6. The van der Waals surface area contributed by atoms with Crippen molar-refractivity contribution in [3.8, 4) is 6.07 Å². The van der Waals surface area contributed by atoms with Crippen LogP contribution in [-0.4, -0.2) is 43.7 Å². The van der Waals surface area contributed by atoms with Gasteiger partial charge in [-0.15, -0.1) is 0 Å². The van der Waals surface area contributed by atoms with Gasteiger partial charge in [0.1, 0.15) is 6.54 Å². The van der Waals surface area contributed by atoms with Crippen LogP contribution in [0.25, 0.3) is 0 Å². The lowest BCUT2D eigenvalue weighted by molar-refractivity contribution is 0.394. The first kappa shape index (κ1) is 10.4. The molecule has 0 unspecified atom stereocenters. The highest BCUT2D eigenvalue weighted by Crippen LogP contribution is 2.29. The first-order chi connectivity index (χ1) is 6.00. The summed E-state index contributed by atoms with van der Waals surface area (Å²) in [6.45, 7) is -0.0504. The molecule has 0 aromatic heterocycles. The van der Waals surface area contributed by atoms with Crippen molar-refractivity contribution in [2.24, 2.45) is 0 Å². The molecule has 1 aliphatic rings. The number of hydrogen-bond acceptors (Lipinski definition) is 3. The standard InChI is InChI=1S/C7H13N3O2S/c1-9(2)13(11,12)10(6-5-8)7-3-4-7/h7H,3-4,6H2,1-2H3. The fourth-order valence-corrected chi connectivity index (χ4v) is 2.27. The van der Waals surface area contributed by atoms with Crippen molar-refractivity contribution in [2.75, 3.05) is 20.6 Å². The molecule has 0 aromatic rings. The zero-order chi connectivity index (χ0) is 10.1. The van der Waals surface area contributed by atoms with Crippen molar-refractivity contribution in [1.29, 1.82) is 5.26 Å². The molecule has 1 fully saturated rings. The molecule has 0 bridgehead atoms. The van der Waals surface area contributed by atoms with Crippen LogP contribution in [0.4, 0.5) is 0 Å². The van der Waals surface area contributed by atoms with Gasteiger partial charge in [-0.05, 0) is 12.8 Å². The lowest BCUT2D eigenvalue weighted by Gasteiger charge is -2.22. The van der Waals surface area contributed by atoms with E-state index in [0.29, 0.717) is 0 Å². The van der Waals surface area contributed by atoms with Crippen LogP contribution in [0.5, 0.6) is 0 Å². The second kappa shape index (κ2) is 3.62. The van der Waals surface area contributed by atoms with E-state index in [0.717, 1.165) is 17.1 Å². The van der Waals surface area contributed by atoms with E-state index in [4.69, 9.17) is 5.26 Å². The minimum absolute atomic E-state index is 0.0482. The van der Waals surface area contributed by atoms with Crippen LogP contribution in [0, 0.1) is 11.3 Å². The number of nitrogens with zero attached hydrogens (tertiary/aromatic N) is 3. The van der Waals surface area contributed by atoms with Gasteiger partial charge in [-0.25, -0.2) is 0 Å². The predicted molar refractivity (Wildman–Crippen MR) is 47.9 cm³/mol. The molecule has 0 aliphatic heterocycles. The summed E-state index contributed by atoms with van der Waals surface area (Å²) in [5.41, 5.74) is 0. The lowest BCUT2D eigenvalue weighted by Crippen LogP contribution is -2.41. The van der Waals surface area contributed by atoms with E-state index in [1.807, 2.05) is 6.07 Å². The molecule has 0 aromatic carbocycles. The van der Waals surface area contributed by atoms with Gasteiger partial charge in [0.15, 0.2) is 0 Å². The molecule has 0 atom stereocenters. The summed E-state index contributed by atoms with van der Waals surface area (Å²) < 4.78 is 25.6. The third kappa shape index (κ3) is 2.18. The average molecular weight is 203 g/mol. The van der Waals surface area contributed by atoms with Gasteiger partial charge in [0.25, 0.3) is 10.2 Å². The van der Waals surface area contributed by atoms with Gasteiger partial charge < -0.3 is 0 Å². The largest absolute Gasteiger partial charge is 0.282 e. The molecule has 0 spiro atoms. The van der Waals surface area contributed by atoms with Crippen molar-refractivity contribution in [2.45, 2.75) is 18.9 Å². The third-order valence-corrected chi connectivity index (χ3v) is 3.88. The van der Waals surface area contributed by atoms with Crippen LogP contribution < -0.4 is 0 Å². The van der Waals surface area contributed by atoms with Crippen LogP contribution in [0.3, 0.4) is 0 Å². The maximum atomic E-state index is 11.6. The van der Waals surface area contributed by atoms with Gasteiger partial charge in [-0.1, -0.05) is 0 Å². The molecule has 0 radical (unpaired) electrons. The average Bonchev–Trinajstić information content (AvgIpc) is 2.82. The SMILES string of the molecule is CN(C)S(=O)(=O)N(CC#N)C1CC1.